The summed E-state index contributed by atoms with van der Waals surface area (Å²) in [6.45, 7) is 1.90. The lowest BCUT2D eigenvalue weighted by molar-refractivity contribution is -0.122. The van der Waals surface area contributed by atoms with E-state index in [9.17, 15) is 13.2 Å². The number of hydrogen-bond donors (Lipinski definition) is 1. The van der Waals surface area contributed by atoms with Gasteiger partial charge < -0.3 is 9.73 Å². The van der Waals surface area contributed by atoms with Gasteiger partial charge in [0.2, 0.25) is 21.6 Å². The van der Waals surface area contributed by atoms with Crippen LogP contribution in [0, 0.1) is 0 Å². The first-order valence-corrected chi connectivity index (χ1v) is 9.16. The molecule has 1 atom stereocenters. The molecule has 1 N–H and O–H groups in total. The number of sulfone groups is 1. The van der Waals surface area contributed by atoms with E-state index >= 15 is 0 Å². The van der Waals surface area contributed by atoms with Crippen molar-refractivity contribution in [3.8, 4) is 0 Å². The van der Waals surface area contributed by atoms with Gasteiger partial charge in [-0.1, -0.05) is 42.4 Å². The van der Waals surface area contributed by atoms with E-state index in [1.54, 1.807) is 0 Å². The lowest BCUT2D eigenvalue weighted by Crippen LogP contribution is -2.30. The summed E-state index contributed by atoms with van der Waals surface area (Å²) in [6.07, 6.45) is 2.51. The van der Waals surface area contributed by atoms with Gasteiger partial charge in [0, 0.05) is 19.1 Å². The topological polar surface area (TPSA) is 102 Å². The first-order valence-electron chi connectivity index (χ1n) is 7.27. The van der Waals surface area contributed by atoms with Crippen LogP contribution >= 0.6 is 0 Å². The molecule has 0 radical (unpaired) electrons. The highest BCUT2D eigenvalue weighted by atomic mass is 32.2. The second-order valence-electron chi connectivity index (χ2n) is 5.24. The summed E-state index contributed by atoms with van der Waals surface area (Å²) in [6, 6.07) is 8.91. The Balaban J connectivity index is 2.25. The Bertz CT molecular complexity index is 756. The van der Waals surface area contributed by atoms with Gasteiger partial charge in [-0.2, -0.15) is 0 Å². The number of carbonyl (C=O) groups is 1. The molecule has 1 aromatic heterocycles. The molecule has 1 amide bonds. The zero-order valence-corrected chi connectivity index (χ0v) is 13.8. The SMILES string of the molecule is CCCC(=O)N[C@@H](Cc1ccccc1)c1nnc(S(C)(=O)=O)o1. The van der Waals surface area contributed by atoms with Gasteiger partial charge in [0.05, 0.1) is 0 Å². The zero-order valence-electron chi connectivity index (χ0n) is 13.0. The minimum atomic E-state index is -3.58. The third-order valence-electron chi connectivity index (χ3n) is 3.13. The summed E-state index contributed by atoms with van der Waals surface area (Å²) in [5.41, 5.74) is 0.966. The summed E-state index contributed by atoms with van der Waals surface area (Å²) >= 11 is 0. The molecule has 0 aliphatic carbocycles. The number of benzene rings is 1. The highest BCUT2D eigenvalue weighted by Gasteiger charge is 2.24. The van der Waals surface area contributed by atoms with E-state index in [1.807, 2.05) is 37.3 Å². The molecule has 0 aliphatic heterocycles. The predicted octanol–water partition coefficient (Wildman–Crippen LogP) is 1.67. The van der Waals surface area contributed by atoms with Gasteiger partial charge in [0.25, 0.3) is 0 Å². The molecule has 0 saturated carbocycles. The Morgan fingerprint density at radius 1 is 1.26 bits per heavy atom. The standard InChI is InChI=1S/C15H19N3O4S/c1-3-7-13(19)16-12(10-11-8-5-4-6-9-11)14-17-18-15(22-14)23(2,20)21/h4-6,8-9,12H,3,7,10H2,1-2H3,(H,16,19)/t12-/m0/s1. The van der Waals surface area contributed by atoms with E-state index in [2.05, 4.69) is 15.5 Å². The van der Waals surface area contributed by atoms with Crippen molar-refractivity contribution in [1.29, 1.82) is 0 Å². The predicted molar refractivity (Wildman–Crippen MR) is 83.3 cm³/mol. The number of nitrogens with one attached hydrogen (secondary N) is 1. The number of rotatable bonds is 7. The van der Waals surface area contributed by atoms with Crippen LogP contribution in [0.3, 0.4) is 0 Å². The molecule has 1 aromatic carbocycles. The number of amides is 1. The monoisotopic (exact) mass is 337 g/mol. The van der Waals surface area contributed by atoms with E-state index < -0.39 is 21.1 Å². The minimum Gasteiger partial charge on any atom is -0.410 e. The largest absolute Gasteiger partial charge is 0.410 e. The molecule has 23 heavy (non-hydrogen) atoms. The van der Waals surface area contributed by atoms with Crippen molar-refractivity contribution >= 4 is 15.7 Å². The Kier molecular flexibility index (Phi) is 5.49. The molecule has 0 saturated heterocycles. The van der Waals surface area contributed by atoms with Gasteiger partial charge in [-0.25, -0.2) is 8.42 Å². The maximum Gasteiger partial charge on any atom is 0.335 e. The molecule has 1 heterocycles. The quantitative estimate of drug-likeness (QED) is 0.824. The van der Waals surface area contributed by atoms with Crippen LogP contribution in [0.2, 0.25) is 0 Å². The molecule has 0 fully saturated rings. The van der Waals surface area contributed by atoms with Gasteiger partial charge in [0.15, 0.2) is 0 Å². The summed E-state index contributed by atoms with van der Waals surface area (Å²) in [4.78, 5) is 11.9. The van der Waals surface area contributed by atoms with Gasteiger partial charge in [-0.3, -0.25) is 4.79 Å². The van der Waals surface area contributed by atoms with E-state index in [1.165, 1.54) is 0 Å². The van der Waals surface area contributed by atoms with Crippen molar-refractivity contribution in [2.75, 3.05) is 6.26 Å². The molecule has 124 valence electrons. The molecular weight excluding hydrogens is 318 g/mol. The van der Waals surface area contributed by atoms with Crippen molar-refractivity contribution in [1.82, 2.24) is 15.5 Å². The Hall–Kier alpha value is -2.22. The maximum absolute atomic E-state index is 11.9. The fraction of sp³-hybridized carbons (Fsp3) is 0.400. The summed E-state index contributed by atoms with van der Waals surface area (Å²) in [5.74, 6) is -0.0636. The first kappa shape index (κ1) is 17.1. The van der Waals surface area contributed by atoms with E-state index in [4.69, 9.17) is 4.42 Å². The molecule has 0 spiro atoms. The van der Waals surface area contributed by atoms with Crippen LogP contribution in [-0.2, 0) is 21.1 Å². The fourth-order valence-electron chi connectivity index (χ4n) is 2.05. The van der Waals surface area contributed by atoms with E-state index in [-0.39, 0.29) is 11.8 Å². The van der Waals surface area contributed by atoms with Crippen LogP contribution in [0.15, 0.2) is 40.0 Å². The molecule has 2 aromatic rings. The van der Waals surface area contributed by atoms with Gasteiger partial charge >= 0.3 is 5.22 Å². The number of hydrogen-bond acceptors (Lipinski definition) is 6. The Morgan fingerprint density at radius 2 is 1.96 bits per heavy atom. The first-order chi connectivity index (χ1) is 10.9. The van der Waals surface area contributed by atoms with Crippen LogP contribution < -0.4 is 5.32 Å². The smallest absolute Gasteiger partial charge is 0.335 e. The van der Waals surface area contributed by atoms with E-state index in [0.717, 1.165) is 11.8 Å². The highest BCUT2D eigenvalue weighted by molar-refractivity contribution is 7.90. The average molecular weight is 337 g/mol. The molecule has 2 rings (SSSR count). The minimum absolute atomic E-state index is 0.0822. The zero-order chi connectivity index (χ0) is 16.9. The Labute approximate surface area is 135 Å². The van der Waals surface area contributed by atoms with Crippen LogP contribution in [0.5, 0.6) is 0 Å². The van der Waals surface area contributed by atoms with Gasteiger partial charge in [-0.15, -0.1) is 5.10 Å². The second kappa shape index (κ2) is 7.36. The van der Waals surface area contributed by atoms with Crippen LogP contribution in [0.1, 0.15) is 37.3 Å². The van der Waals surface area contributed by atoms with Gasteiger partial charge in [0.1, 0.15) is 6.04 Å². The molecule has 0 unspecified atom stereocenters. The molecule has 8 heteroatoms. The third-order valence-corrected chi connectivity index (χ3v) is 3.93. The third kappa shape index (κ3) is 4.88. The summed E-state index contributed by atoms with van der Waals surface area (Å²) < 4.78 is 28.2. The van der Waals surface area contributed by atoms with Crippen LogP contribution in [-0.4, -0.2) is 30.8 Å². The van der Waals surface area contributed by atoms with Crippen LogP contribution in [0.4, 0.5) is 0 Å². The van der Waals surface area contributed by atoms with Crippen molar-refractivity contribution < 1.29 is 17.6 Å². The lowest BCUT2D eigenvalue weighted by Gasteiger charge is -2.15. The maximum atomic E-state index is 11.9. The second-order valence-corrected chi connectivity index (χ2v) is 7.13. The Morgan fingerprint density at radius 3 is 2.52 bits per heavy atom. The molecule has 0 aliphatic rings. The van der Waals surface area contributed by atoms with Crippen molar-refractivity contribution in [3.05, 3.63) is 41.8 Å². The van der Waals surface area contributed by atoms with E-state index in [0.29, 0.717) is 19.3 Å². The number of nitrogens with zero attached hydrogens (tertiary/aromatic N) is 2. The number of carbonyl (C=O) groups excluding carboxylic acids is 1. The highest BCUT2D eigenvalue weighted by Crippen LogP contribution is 2.19. The normalized spacial score (nSPS) is 12.8. The van der Waals surface area contributed by atoms with Gasteiger partial charge in [-0.05, 0) is 12.0 Å². The number of aromatic nitrogens is 2. The fourth-order valence-corrected chi connectivity index (χ4v) is 2.48. The molecular formula is C15H19N3O4S. The van der Waals surface area contributed by atoms with Crippen molar-refractivity contribution in [2.24, 2.45) is 0 Å². The van der Waals surface area contributed by atoms with Crippen molar-refractivity contribution in [3.63, 3.8) is 0 Å². The van der Waals surface area contributed by atoms with Crippen LogP contribution in [0.25, 0.3) is 0 Å². The van der Waals surface area contributed by atoms with Crippen molar-refractivity contribution in [2.45, 2.75) is 37.5 Å². The molecule has 0 bridgehead atoms. The lowest BCUT2D eigenvalue weighted by atomic mass is 10.1. The average Bonchev–Trinajstić information content (AvgIpc) is 2.98. The summed E-state index contributed by atoms with van der Waals surface area (Å²) in [5, 5.41) is 9.70. The molecule has 7 nitrogen and oxygen atoms in total. The summed E-state index contributed by atoms with van der Waals surface area (Å²) in [7, 11) is -3.58.